The fraction of sp³-hybridized carbons (Fsp3) is 0.550. The maximum absolute atomic E-state index is 12.5. The fourth-order valence-electron chi connectivity index (χ4n) is 3.90. The van der Waals surface area contributed by atoms with Crippen molar-refractivity contribution in [2.45, 2.75) is 50.3 Å². The van der Waals surface area contributed by atoms with Gasteiger partial charge in [-0.3, -0.25) is 4.90 Å². The minimum atomic E-state index is -4.75. The van der Waals surface area contributed by atoms with E-state index in [0.29, 0.717) is 38.0 Å². The Morgan fingerprint density at radius 3 is 2.79 bits per heavy atom. The second-order valence-electron chi connectivity index (χ2n) is 7.56. The van der Waals surface area contributed by atoms with Crippen LogP contribution in [0.1, 0.15) is 48.1 Å². The van der Waals surface area contributed by atoms with Crippen LogP contribution in [-0.2, 0) is 16.9 Å². The average molecular weight is 428 g/mol. The van der Waals surface area contributed by atoms with Crippen LogP contribution in [0.3, 0.4) is 0 Å². The van der Waals surface area contributed by atoms with Crippen molar-refractivity contribution in [1.29, 1.82) is 0 Å². The SMILES string of the molecule is OC1(c2cccc(OC(F)(F)F)c2)CCN(Cc2csc([C@H]3CCCO3)n2)CC1. The molecule has 0 aliphatic carbocycles. The van der Waals surface area contributed by atoms with E-state index < -0.39 is 12.0 Å². The summed E-state index contributed by atoms with van der Waals surface area (Å²) in [7, 11) is 0. The second kappa shape index (κ2) is 8.22. The van der Waals surface area contributed by atoms with Crippen LogP contribution in [0, 0.1) is 0 Å². The van der Waals surface area contributed by atoms with Gasteiger partial charge in [0.15, 0.2) is 0 Å². The van der Waals surface area contributed by atoms with E-state index >= 15 is 0 Å². The van der Waals surface area contributed by atoms with Gasteiger partial charge < -0.3 is 14.6 Å². The van der Waals surface area contributed by atoms with Crippen LogP contribution in [0.15, 0.2) is 29.6 Å². The minimum absolute atomic E-state index is 0.117. The molecule has 0 unspecified atom stereocenters. The summed E-state index contributed by atoms with van der Waals surface area (Å²) in [6.07, 6.45) is -1.68. The van der Waals surface area contributed by atoms with Gasteiger partial charge in [0.1, 0.15) is 16.9 Å². The molecular formula is C20H23F3N2O3S. The van der Waals surface area contributed by atoms with E-state index in [2.05, 4.69) is 15.0 Å². The van der Waals surface area contributed by atoms with E-state index in [1.807, 2.05) is 0 Å². The Balaban J connectivity index is 1.35. The van der Waals surface area contributed by atoms with E-state index in [9.17, 15) is 18.3 Å². The Morgan fingerprint density at radius 2 is 2.10 bits per heavy atom. The number of benzene rings is 1. The Morgan fingerprint density at radius 1 is 1.31 bits per heavy atom. The second-order valence-corrected chi connectivity index (χ2v) is 8.45. The Labute approximate surface area is 171 Å². The molecule has 2 aromatic rings. The van der Waals surface area contributed by atoms with Crippen LogP contribution in [0.2, 0.25) is 0 Å². The molecule has 2 aliphatic rings. The third-order valence-corrected chi connectivity index (χ3v) is 6.43. The van der Waals surface area contributed by atoms with Crippen LogP contribution in [0.5, 0.6) is 5.75 Å². The number of aromatic nitrogens is 1. The van der Waals surface area contributed by atoms with Crippen LogP contribution in [-0.4, -0.2) is 41.0 Å². The number of hydrogen-bond acceptors (Lipinski definition) is 6. The third-order valence-electron chi connectivity index (χ3n) is 5.45. The molecule has 0 amide bonds. The van der Waals surface area contributed by atoms with Crippen molar-refractivity contribution in [3.63, 3.8) is 0 Å². The van der Waals surface area contributed by atoms with E-state index in [4.69, 9.17) is 9.72 Å². The van der Waals surface area contributed by atoms with Gasteiger partial charge in [0.05, 0.1) is 11.3 Å². The number of alkyl halides is 3. The van der Waals surface area contributed by atoms with Gasteiger partial charge >= 0.3 is 6.36 Å². The first-order chi connectivity index (χ1) is 13.8. The van der Waals surface area contributed by atoms with Crippen molar-refractivity contribution >= 4 is 11.3 Å². The monoisotopic (exact) mass is 428 g/mol. The summed E-state index contributed by atoms with van der Waals surface area (Å²) in [6.45, 7) is 2.75. The maximum atomic E-state index is 12.5. The highest BCUT2D eigenvalue weighted by molar-refractivity contribution is 7.09. The summed E-state index contributed by atoms with van der Waals surface area (Å²) in [5, 5.41) is 14.1. The molecule has 1 aromatic carbocycles. The zero-order valence-corrected chi connectivity index (χ0v) is 16.6. The van der Waals surface area contributed by atoms with Crippen molar-refractivity contribution in [1.82, 2.24) is 9.88 Å². The van der Waals surface area contributed by atoms with Crippen LogP contribution >= 0.6 is 11.3 Å². The molecule has 3 heterocycles. The van der Waals surface area contributed by atoms with Crippen LogP contribution in [0.25, 0.3) is 0 Å². The predicted molar refractivity (Wildman–Crippen MR) is 102 cm³/mol. The zero-order chi connectivity index (χ0) is 20.5. The molecule has 0 radical (unpaired) electrons. The smallest absolute Gasteiger partial charge is 0.406 e. The topological polar surface area (TPSA) is 54.8 Å². The van der Waals surface area contributed by atoms with Gasteiger partial charge in [-0.05, 0) is 43.4 Å². The lowest BCUT2D eigenvalue weighted by molar-refractivity contribution is -0.274. The minimum Gasteiger partial charge on any atom is -0.406 e. The molecule has 0 bridgehead atoms. The highest BCUT2D eigenvalue weighted by Gasteiger charge is 2.36. The van der Waals surface area contributed by atoms with E-state index in [1.54, 1.807) is 17.4 Å². The first kappa shape index (κ1) is 20.6. The highest BCUT2D eigenvalue weighted by Crippen LogP contribution is 2.36. The van der Waals surface area contributed by atoms with Gasteiger partial charge in [-0.25, -0.2) is 4.98 Å². The number of likely N-dealkylation sites (tertiary alicyclic amines) is 1. The van der Waals surface area contributed by atoms with Gasteiger partial charge in [0, 0.05) is 31.6 Å². The number of nitrogens with zero attached hydrogens (tertiary/aromatic N) is 2. The molecule has 1 N–H and O–H groups in total. The average Bonchev–Trinajstić information content (AvgIpc) is 3.34. The van der Waals surface area contributed by atoms with Crippen molar-refractivity contribution in [2.24, 2.45) is 0 Å². The number of ether oxygens (including phenoxy) is 2. The first-order valence-electron chi connectivity index (χ1n) is 9.68. The van der Waals surface area contributed by atoms with E-state index in [-0.39, 0.29) is 11.9 Å². The zero-order valence-electron chi connectivity index (χ0n) is 15.8. The highest BCUT2D eigenvalue weighted by atomic mass is 32.1. The molecule has 2 saturated heterocycles. The van der Waals surface area contributed by atoms with Gasteiger partial charge in [-0.2, -0.15) is 0 Å². The molecule has 9 heteroatoms. The molecule has 5 nitrogen and oxygen atoms in total. The van der Waals surface area contributed by atoms with E-state index in [1.165, 1.54) is 18.2 Å². The molecule has 1 aromatic heterocycles. The summed E-state index contributed by atoms with van der Waals surface area (Å²) in [5.74, 6) is -0.310. The molecule has 158 valence electrons. The summed E-state index contributed by atoms with van der Waals surface area (Å²) >= 11 is 1.62. The molecule has 0 spiro atoms. The molecule has 29 heavy (non-hydrogen) atoms. The van der Waals surface area contributed by atoms with Crippen molar-refractivity contribution in [3.05, 3.63) is 45.9 Å². The van der Waals surface area contributed by atoms with Crippen LogP contribution < -0.4 is 4.74 Å². The van der Waals surface area contributed by atoms with Gasteiger partial charge in [-0.15, -0.1) is 24.5 Å². The van der Waals surface area contributed by atoms with Gasteiger partial charge in [0.2, 0.25) is 0 Å². The number of halogens is 3. The number of thiazole rings is 1. The Kier molecular flexibility index (Phi) is 5.83. The number of aliphatic hydroxyl groups is 1. The molecule has 1 atom stereocenters. The Bertz CT molecular complexity index is 828. The fourth-order valence-corrected chi connectivity index (χ4v) is 4.79. The largest absolute Gasteiger partial charge is 0.573 e. The predicted octanol–water partition coefficient (Wildman–Crippen LogP) is 4.38. The molecular weight excluding hydrogens is 405 g/mol. The molecule has 0 saturated carbocycles. The lowest BCUT2D eigenvalue weighted by Gasteiger charge is -2.38. The van der Waals surface area contributed by atoms with Gasteiger partial charge in [-0.1, -0.05) is 12.1 Å². The number of rotatable bonds is 5. The summed E-state index contributed by atoms with van der Waals surface area (Å²) in [4.78, 5) is 6.90. The normalized spacial score (nSPS) is 22.7. The summed E-state index contributed by atoms with van der Waals surface area (Å²) < 4.78 is 47.1. The summed E-state index contributed by atoms with van der Waals surface area (Å²) in [6, 6.07) is 5.64. The van der Waals surface area contributed by atoms with Crippen LogP contribution in [0.4, 0.5) is 13.2 Å². The van der Waals surface area contributed by atoms with Crippen molar-refractivity contribution in [2.75, 3.05) is 19.7 Å². The standard InChI is InChI=1S/C20H23F3N2O3S/c21-20(22,23)28-16-4-1-3-14(11-16)19(26)6-8-25(9-7-19)12-15-13-29-18(24-15)17-5-2-10-27-17/h1,3-4,11,13,17,26H,2,5-10,12H2/t17-/m1/s1. The van der Waals surface area contributed by atoms with Crippen molar-refractivity contribution < 1.29 is 27.8 Å². The van der Waals surface area contributed by atoms with E-state index in [0.717, 1.165) is 30.2 Å². The van der Waals surface area contributed by atoms with Crippen molar-refractivity contribution in [3.8, 4) is 5.75 Å². The summed E-state index contributed by atoms with van der Waals surface area (Å²) in [5.41, 5.74) is 0.284. The first-order valence-corrected chi connectivity index (χ1v) is 10.6. The quantitative estimate of drug-likeness (QED) is 0.766. The maximum Gasteiger partial charge on any atom is 0.573 e. The molecule has 4 rings (SSSR count). The third kappa shape index (κ3) is 5.09. The van der Waals surface area contributed by atoms with Gasteiger partial charge in [0.25, 0.3) is 0 Å². The molecule has 2 fully saturated rings. The number of hydrogen-bond donors (Lipinski definition) is 1. The lowest BCUT2D eigenvalue weighted by Crippen LogP contribution is -2.42. The Hall–Kier alpha value is -1.68. The lowest BCUT2D eigenvalue weighted by atomic mass is 9.84. The number of piperidine rings is 1. The molecule has 2 aliphatic heterocycles.